The smallest absolute Gasteiger partial charge is 0.0655 e. The minimum Gasteiger partial charge on any atom is -0.294 e. The van der Waals surface area contributed by atoms with Gasteiger partial charge in [-0.25, -0.2) is 0 Å². The topological polar surface area (TPSA) is 102 Å². The maximum atomic E-state index is 9.75. The van der Waals surface area contributed by atoms with Gasteiger partial charge in [0.05, 0.1) is 24.3 Å². The number of hydrogen-bond acceptors (Lipinski definition) is 6. The van der Waals surface area contributed by atoms with Crippen molar-refractivity contribution in [3.05, 3.63) is 0 Å². The molecule has 15 rings (SSSR count). The number of rotatable bonds is 10. The molecule has 0 bridgehead atoms. The fourth-order valence-electron chi connectivity index (χ4n) is 28.6. The molecule has 0 spiro atoms. The van der Waals surface area contributed by atoms with Crippen LogP contribution in [0.5, 0.6) is 0 Å². The third kappa shape index (κ3) is 12.7. The third-order valence-electron chi connectivity index (χ3n) is 32.9. The lowest BCUT2D eigenvalue weighted by molar-refractivity contribution is -0.0261. The van der Waals surface area contributed by atoms with E-state index in [2.05, 4.69) is 34.1 Å². The predicted molar refractivity (Wildman–Crippen MR) is 354 cm³/mol. The average Bonchev–Trinajstić information content (AvgIpc) is 1.57. The van der Waals surface area contributed by atoms with E-state index in [4.69, 9.17) is 0 Å². The van der Waals surface area contributed by atoms with Crippen molar-refractivity contribution in [3.63, 3.8) is 0 Å². The molecule has 15 fully saturated rings. The van der Waals surface area contributed by atoms with Gasteiger partial charge in [-0.3, -0.25) is 9.80 Å². The molecular formula is C82H126N6. The molecule has 0 aromatic heterocycles. The molecule has 0 radical (unpaired) electrons. The summed E-state index contributed by atoms with van der Waals surface area (Å²) in [6, 6.07) is 15.7. The molecule has 2 heterocycles. The van der Waals surface area contributed by atoms with Gasteiger partial charge in [0.15, 0.2) is 0 Å². The highest BCUT2D eigenvalue weighted by molar-refractivity contribution is 5.17. The molecule has 12 atom stereocenters. The maximum Gasteiger partial charge on any atom is 0.0655 e. The van der Waals surface area contributed by atoms with Gasteiger partial charge in [-0.2, -0.15) is 21.0 Å². The van der Waals surface area contributed by atoms with Gasteiger partial charge in [0, 0.05) is 59.9 Å². The Hall–Kier alpha value is -2.12. The minimum absolute atomic E-state index is 0.330. The van der Waals surface area contributed by atoms with Crippen LogP contribution in [0.4, 0.5) is 0 Å². The first-order chi connectivity index (χ1) is 43.4. The van der Waals surface area contributed by atoms with Crippen LogP contribution in [0.3, 0.4) is 0 Å². The first-order valence-corrected chi connectivity index (χ1v) is 40.5. The van der Waals surface area contributed by atoms with Gasteiger partial charge >= 0.3 is 0 Å². The first-order valence-electron chi connectivity index (χ1n) is 40.5. The number of fused-ring (bicyclic) bond motifs is 7. The lowest BCUT2D eigenvalue weighted by Crippen LogP contribution is -2.55. The summed E-state index contributed by atoms with van der Waals surface area (Å²) in [6.45, 7) is 0. The average molecular weight is 1200 g/mol. The highest BCUT2D eigenvalue weighted by atomic mass is 15.3. The maximum absolute atomic E-state index is 9.75. The van der Waals surface area contributed by atoms with Crippen LogP contribution < -0.4 is 0 Å². The van der Waals surface area contributed by atoms with Crippen LogP contribution in [0.1, 0.15) is 308 Å². The van der Waals surface area contributed by atoms with Crippen molar-refractivity contribution in [2.24, 2.45) is 142 Å². The summed E-state index contributed by atoms with van der Waals surface area (Å²) < 4.78 is 0. The zero-order valence-electron chi connectivity index (χ0n) is 55.9. The molecule has 12 unspecified atom stereocenters. The molecule has 484 valence electrons. The van der Waals surface area contributed by atoms with Crippen LogP contribution in [-0.4, -0.2) is 46.1 Å². The lowest BCUT2D eigenvalue weighted by Gasteiger charge is -2.52. The van der Waals surface area contributed by atoms with Gasteiger partial charge in [-0.1, -0.05) is 25.7 Å². The van der Waals surface area contributed by atoms with E-state index >= 15 is 0 Å². The number of nitrogens with zero attached hydrogens (tertiary/aromatic N) is 6. The zero-order chi connectivity index (χ0) is 59.2. The van der Waals surface area contributed by atoms with E-state index in [0.717, 1.165) is 155 Å². The third-order valence-corrected chi connectivity index (χ3v) is 32.9. The highest BCUT2D eigenvalue weighted by Crippen LogP contribution is 2.64. The van der Waals surface area contributed by atoms with Crippen LogP contribution in [0.2, 0.25) is 0 Å². The Kier molecular flexibility index (Phi) is 19.8. The monoisotopic (exact) mass is 1200 g/mol. The molecule has 0 aromatic carbocycles. The van der Waals surface area contributed by atoms with Crippen LogP contribution >= 0.6 is 0 Å². The van der Waals surface area contributed by atoms with E-state index in [1.807, 2.05) is 0 Å². The van der Waals surface area contributed by atoms with Crippen molar-refractivity contribution in [3.8, 4) is 24.3 Å². The largest absolute Gasteiger partial charge is 0.294 e. The van der Waals surface area contributed by atoms with Gasteiger partial charge < -0.3 is 0 Å². The van der Waals surface area contributed by atoms with Gasteiger partial charge in [0.1, 0.15) is 0 Å². The van der Waals surface area contributed by atoms with E-state index in [1.165, 1.54) is 283 Å². The number of nitriles is 4. The van der Waals surface area contributed by atoms with Gasteiger partial charge in [-0.15, -0.1) is 0 Å². The van der Waals surface area contributed by atoms with Crippen LogP contribution in [0.15, 0.2) is 0 Å². The Balaban J connectivity index is 0.674. The molecule has 15 aliphatic rings. The van der Waals surface area contributed by atoms with Crippen molar-refractivity contribution in [1.29, 1.82) is 21.0 Å². The molecule has 0 aromatic rings. The normalized spacial score (nSPS) is 51.4. The van der Waals surface area contributed by atoms with Crippen molar-refractivity contribution in [2.75, 3.05) is 0 Å². The number of likely N-dealkylation sites (tertiary alicyclic amines) is 2. The van der Waals surface area contributed by atoms with Gasteiger partial charge in [0.2, 0.25) is 0 Å². The summed E-state index contributed by atoms with van der Waals surface area (Å²) in [5.74, 6) is 20.0. The fraction of sp³-hybridized carbons (Fsp3) is 0.951. The Bertz CT molecular complexity index is 2120. The zero-order valence-corrected chi connectivity index (χ0v) is 55.9. The summed E-state index contributed by atoms with van der Waals surface area (Å²) in [6.07, 6.45) is 68.3. The van der Waals surface area contributed by atoms with Crippen LogP contribution in [-0.2, 0) is 0 Å². The molecule has 13 saturated carbocycles. The first kappa shape index (κ1) is 62.0. The standard InChI is InChI=1S/C82H126N6/c83-49-53-9-17-57(18-10-53)61-25-33-65(34-26-61)69-43-70(66-35-27-62(28-36-66)58-19-11-54(50-84)12-20-58)46-73(45-69)87-77-7-3-1-5-75(77)81-79(87)41-42-80-82(81)76-6-2-4-8-78(76)88(80)74-47-71(67-37-29-63(30-38-67)59-21-13-55(51-85)14-22-59)44-72(48-74)68-39-31-64(32-40-68)60-23-15-56(52-86)16-24-60/h53-82H,1-48H2. The SMILES string of the molecule is N#CC1CCC(C2CCC(C3CC(C4CCC(C5CCC(C#N)CC5)CC4)CC(N4C5CCCCC5C5C6C7CCCCC7N(C7CC(C8CCC(C9CCC(C#N)CC9)CC8)CC(C8CCC(C9CCC(C#N)CC9)CC8)C7)C6CCC54)C3)CC2)CC1. The quantitative estimate of drug-likeness (QED) is 0.216. The molecule has 0 amide bonds. The van der Waals surface area contributed by atoms with Crippen molar-refractivity contribution in [1.82, 2.24) is 9.80 Å². The fourth-order valence-corrected chi connectivity index (χ4v) is 28.6. The van der Waals surface area contributed by atoms with Crippen LogP contribution in [0, 0.1) is 187 Å². The van der Waals surface area contributed by atoms with Gasteiger partial charge in [0.25, 0.3) is 0 Å². The Morgan fingerprint density at radius 3 is 0.625 bits per heavy atom. The van der Waals surface area contributed by atoms with E-state index < -0.39 is 0 Å². The second kappa shape index (κ2) is 28.1. The minimum atomic E-state index is 0.330. The molecule has 2 aliphatic heterocycles. The van der Waals surface area contributed by atoms with Crippen LogP contribution in [0.25, 0.3) is 0 Å². The molecule has 0 N–H and O–H groups in total. The van der Waals surface area contributed by atoms with E-state index in [1.54, 1.807) is 25.7 Å². The summed E-state index contributed by atoms with van der Waals surface area (Å²) in [5, 5.41) is 39.0. The number of hydrogen-bond donors (Lipinski definition) is 0. The lowest BCUT2D eigenvalue weighted by atomic mass is 9.60. The summed E-state index contributed by atoms with van der Waals surface area (Å²) in [5.41, 5.74) is 0. The van der Waals surface area contributed by atoms with E-state index in [0.29, 0.717) is 23.7 Å². The predicted octanol–water partition coefficient (Wildman–Crippen LogP) is 20.6. The highest BCUT2D eigenvalue weighted by Gasteiger charge is 2.64. The van der Waals surface area contributed by atoms with Gasteiger partial charge in [-0.05, 0) is 401 Å². The molecule has 88 heavy (non-hydrogen) atoms. The van der Waals surface area contributed by atoms with E-state index in [-0.39, 0.29) is 0 Å². The summed E-state index contributed by atoms with van der Waals surface area (Å²) >= 11 is 0. The Morgan fingerprint density at radius 2 is 0.398 bits per heavy atom. The van der Waals surface area contributed by atoms with Crippen molar-refractivity contribution < 1.29 is 0 Å². The van der Waals surface area contributed by atoms with Crippen molar-refractivity contribution >= 4 is 0 Å². The molecule has 13 aliphatic carbocycles. The van der Waals surface area contributed by atoms with E-state index in [9.17, 15) is 21.0 Å². The summed E-state index contributed by atoms with van der Waals surface area (Å²) in [7, 11) is 0. The Morgan fingerprint density at radius 1 is 0.193 bits per heavy atom. The molecular weight excluding hydrogens is 1070 g/mol. The van der Waals surface area contributed by atoms with Crippen molar-refractivity contribution in [2.45, 2.75) is 344 Å². The molecule has 6 heteroatoms. The Labute approximate surface area is 538 Å². The second-order valence-corrected chi connectivity index (χ2v) is 36.2. The molecule has 6 nitrogen and oxygen atoms in total. The summed E-state index contributed by atoms with van der Waals surface area (Å²) in [4.78, 5) is 7.07. The molecule has 2 saturated heterocycles. The second-order valence-electron chi connectivity index (χ2n) is 36.2.